The molecule has 3 aromatic rings. The number of benzene rings is 2. The van der Waals surface area contributed by atoms with Crippen LogP contribution in [0.3, 0.4) is 0 Å². The van der Waals surface area contributed by atoms with E-state index < -0.39 is 10.0 Å². The molecule has 1 aliphatic heterocycles. The third-order valence-electron chi connectivity index (χ3n) is 6.46. The Balaban J connectivity index is 1.17. The highest BCUT2D eigenvalue weighted by atomic mass is 32.2. The molecule has 0 bridgehead atoms. The summed E-state index contributed by atoms with van der Waals surface area (Å²) in [6.07, 6.45) is 4.90. The van der Waals surface area contributed by atoms with Crippen LogP contribution >= 0.6 is 23.1 Å². The molecular formula is C25H26N4O2S3. The van der Waals surface area contributed by atoms with Crippen molar-refractivity contribution in [2.45, 2.75) is 47.9 Å². The Kier molecular flexibility index (Phi) is 6.93. The van der Waals surface area contributed by atoms with Crippen LogP contribution in [0.2, 0.25) is 0 Å². The molecule has 2 aliphatic rings. The van der Waals surface area contributed by atoms with Gasteiger partial charge in [-0.25, -0.2) is 18.1 Å². The van der Waals surface area contributed by atoms with Crippen molar-refractivity contribution in [1.29, 1.82) is 5.26 Å². The summed E-state index contributed by atoms with van der Waals surface area (Å²) in [5.74, 6) is 1.37. The second kappa shape index (κ2) is 10.1. The van der Waals surface area contributed by atoms with Crippen LogP contribution in [-0.4, -0.2) is 31.7 Å². The number of nitrogens with one attached hydrogen (secondary N) is 2. The van der Waals surface area contributed by atoms with Gasteiger partial charge in [0, 0.05) is 33.7 Å². The Morgan fingerprint density at radius 1 is 1.06 bits per heavy atom. The average molecular weight is 511 g/mol. The van der Waals surface area contributed by atoms with Gasteiger partial charge in [0.25, 0.3) is 0 Å². The van der Waals surface area contributed by atoms with Gasteiger partial charge < -0.3 is 5.32 Å². The van der Waals surface area contributed by atoms with Gasteiger partial charge >= 0.3 is 0 Å². The van der Waals surface area contributed by atoms with E-state index in [-0.39, 0.29) is 10.5 Å². The Morgan fingerprint density at radius 2 is 1.82 bits per heavy atom. The maximum absolute atomic E-state index is 12.7. The highest BCUT2D eigenvalue weighted by Crippen LogP contribution is 2.41. The van der Waals surface area contributed by atoms with Crippen LogP contribution in [0.5, 0.6) is 0 Å². The van der Waals surface area contributed by atoms with Crippen LogP contribution < -0.4 is 10.0 Å². The molecule has 6 nitrogen and oxygen atoms in total. The minimum atomic E-state index is -3.69. The summed E-state index contributed by atoms with van der Waals surface area (Å²) in [4.78, 5) is 7.66. The third kappa shape index (κ3) is 5.01. The average Bonchev–Trinajstić information content (AvgIpc) is 3.17. The van der Waals surface area contributed by atoms with Gasteiger partial charge in [0.15, 0.2) is 5.13 Å². The molecule has 0 atom stereocenters. The van der Waals surface area contributed by atoms with E-state index in [1.807, 2.05) is 17.8 Å². The molecule has 2 N–H and O–H groups in total. The first-order chi connectivity index (χ1) is 16.5. The minimum Gasteiger partial charge on any atom is -0.359 e. The van der Waals surface area contributed by atoms with Gasteiger partial charge in [-0.2, -0.15) is 5.26 Å². The number of nitrogens with zero attached hydrogens (tertiary/aromatic N) is 2. The number of nitriles is 1. The second-order valence-corrected chi connectivity index (χ2v) is 12.7. The smallest absolute Gasteiger partial charge is 0.241 e. The number of hydrogen-bond donors (Lipinski definition) is 2. The molecule has 176 valence electrons. The zero-order chi connectivity index (χ0) is 23.5. The van der Waals surface area contributed by atoms with Crippen LogP contribution in [0.1, 0.15) is 36.1 Å². The van der Waals surface area contributed by atoms with Gasteiger partial charge in [0.1, 0.15) is 6.07 Å². The molecule has 2 aromatic carbocycles. The van der Waals surface area contributed by atoms with E-state index in [1.165, 1.54) is 27.5 Å². The lowest BCUT2D eigenvalue weighted by atomic mass is 9.86. The predicted molar refractivity (Wildman–Crippen MR) is 138 cm³/mol. The molecule has 34 heavy (non-hydrogen) atoms. The van der Waals surface area contributed by atoms with Gasteiger partial charge in [-0.15, -0.1) is 23.1 Å². The van der Waals surface area contributed by atoms with Gasteiger partial charge in [0.2, 0.25) is 10.0 Å². The molecule has 1 aromatic heterocycles. The molecule has 0 unspecified atom stereocenters. The third-order valence-corrected chi connectivity index (χ3v) is 10.1. The summed E-state index contributed by atoms with van der Waals surface area (Å²) >= 11 is 3.67. The lowest BCUT2D eigenvalue weighted by Crippen LogP contribution is -2.34. The Hall–Kier alpha value is -2.38. The summed E-state index contributed by atoms with van der Waals surface area (Å²) in [7, 11) is -3.69. The lowest BCUT2D eigenvalue weighted by Gasteiger charge is -2.29. The first-order valence-electron chi connectivity index (χ1n) is 11.5. The van der Waals surface area contributed by atoms with Gasteiger partial charge in [0.05, 0.1) is 16.2 Å². The van der Waals surface area contributed by atoms with E-state index in [4.69, 9.17) is 4.98 Å². The fourth-order valence-electron chi connectivity index (χ4n) is 4.62. The van der Waals surface area contributed by atoms with Crippen molar-refractivity contribution in [3.8, 4) is 17.3 Å². The topological polar surface area (TPSA) is 94.9 Å². The van der Waals surface area contributed by atoms with Crippen LogP contribution in [0.15, 0.2) is 58.3 Å². The van der Waals surface area contributed by atoms with Crippen molar-refractivity contribution >= 4 is 38.3 Å². The summed E-state index contributed by atoms with van der Waals surface area (Å²) in [6, 6.07) is 17.1. The molecule has 0 spiro atoms. The maximum atomic E-state index is 12.7. The monoisotopic (exact) mass is 510 g/mol. The Labute approximate surface area is 208 Å². The summed E-state index contributed by atoms with van der Waals surface area (Å²) in [6.45, 7) is 0.398. The number of fused-ring (bicyclic) bond motifs is 3. The van der Waals surface area contributed by atoms with Crippen LogP contribution in [0.4, 0.5) is 5.13 Å². The number of thiazole rings is 1. The molecule has 5 rings (SSSR count). The largest absolute Gasteiger partial charge is 0.359 e. The van der Waals surface area contributed by atoms with Gasteiger partial charge in [-0.3, -0.25) is 0 Å². The first kappa shape index (κ1) is 23.4. The molecule has 9 heteroatoms. The fraction of sp³-hybridized carbons (Fsp3) is 0.360. The fourth-order valence-corrected chi connectivity index (χ4v) is 8.09. The van der Waals surface area contributed by atoms with Gasteiger partial charge in [-0.1, -0.05) is 30.3 Å². The molecule has 0 amide bonds. The Morgan fingerprint density at radius 3 is 2.65 bits per heavy atom. The normalized spacial score (nSPS) is 20.0. The standard InChI is InChI=1S/C25H26N4O2S3/c26-15-18-5-1-4-8-23(18)34(30,31)27-16-17-9-11-19(12-10-17)28-25-29-24-20-6-2-3-7-21(20)32-14-13-22(24)33-25/h1-8,17,19,27H,9-14,16H2,(H,28,29)/t17-,19-. The van der Waals surface area contributed by atoms with E-state index in [0.717, 1.165) is 48.7 Å². The molecule has 1 saturated carbocycles. The van der Waals surface area contributed by atoms with E-state index >= 15 is 0 Å². The molecule has 1 aliphatic carbocycles. The van der Waals surface area contributed by atoms with Crippen molar-refractivity contribution < 1.29 is 8.42 Å². The van der Waals surface area contributed by atoms with Crippen LogP contribution in [0.25, 0.3) is 11.3 Å². The second-order valence-electron chi connectivity index (χ2n) is 8.71. The quantitative estimate of drug-likeness (QED) is 0.469. The van der Waals surface area contributed by atoms with Crippen molar-refractivity contribution in [2.75, 3.05) is 17.6 Å². The number of aryl methyl sites for hydroxylation is 1. The highest BCUT2D eigenvalue weighted by molar-refractivity contribution is 7.99. The van der Waals surface area contributed by atoms with Crippen molar-refractivity contribution in [1.82, 2.24) is 9.71 Å². The highest BCUT2D eigenvalue weighted by Gasteiger charge is 2.26. The van der Waals surface area contributed by atoms with E-state index in [0.29, 0.717) is 18.5 Å². The lowest BCUT2D eigenvalue weighted by molar-refractivity contribution is 0.337. The van der Waals surface area contributed by atoms with Crippen molar-refractivity contribution in [3.63, 3.8) is 0 Å². The molecule has 0 saturated heterocycles. The van der Waals surface area contributed by atoms with E-state index in [9.17, 15) is 13.7 Å². The van der Waals surface area contributed by atoms with Crippen molar-refractivity contribution in [3.05, 3.63) is 59.0 Å². The van der Waals surface area contributed by atoms with Crippen LogP contribution in [0, 0.1) is 17.2 Å². The number of anilines is 1. The SMILES string of the molecule is N#Cc1ccccc1S(=O)(=O)NC[C@H]1CC[C@H](Nc2nc3c(s2)CCSc2ccccc2-3)CC1. The molecular weight excluding hydrogens is 485 g/mol. The van der Waals surface area contributed by atoms with Crippen molar-refractivity contribution in [2.24, 2.45) is 5.92 Å². The Bertz CT molecular complexity index is 1320. The minimum absolute atomic E-state index is 0.0522. The molecule has 1 fully saturated rings. The van der Waals surface area contributed by atoms with Gasteiger partial charge in [-0.05, 0) is 56.2 Å². The number of hydrogen-bond acceptors (Lipinski definition) is 7. The first-order valence-corrected chi connectivity index (χ1v) is 14.8. The van der Waals surface area contributed by atoms with E-state index in [1.54, 1.807) is 23.5 Å². The molecule has 2 heterocycles. The number of rotatable bonds is 6. The van der Waals surface area contributed by atoms with Crippen LogP contribution in [-0.2, 0) is 16.4 Å². The number of aromatic nitrogens is 1. The maximum Gasteiger partial charge on any atom is 0.241 e. The number of sulfonamides is 1. The summed E-state index contributed by atoms with van der Waals surface area (Å²) in [5.41, 5.74) is 2.53. The summed E-state index contributed by atoms with van der Waals surface area (Å²) in [5, 5.41) is 13.8. The number of thioether (sulfide) groups is 1. The summed E-state index contributed by atoms with van der Waals surface area (Å²) < 4.78 is 28.1. The predicted octanol–water partition coefficient (Wildman–Crippen LogP) is 5.28. The zero-order valence-electron chi connectivity index (χ0n) is 18.7. The zero-order valence-corrected chi connectivity index (χ0v) is 21.1. The molecule has 0 radical (unpaired) electrons. The van der Waals surface area contributed by atoms with E-state index in [2.05, 4.69) is 34.3 Å².